The van der Waals surface area contributed by atoms with Crippen LogP contribution >= 0.6 is 11.8 Å². The monoisotopic (exact) mass is 447 g/mol. The van der Waals surface area contributed by atoms with Gasteiger partial charge in [-0.3, -0.25) is 14.3 Å². The van der Waals surface area contributed by atoms with Gasteiger partial charge in [0.05, 0.1) is 16.6 Å². The summed E-state index contributed by atoms with van der Waals surface area (Å²) in [6.07, 6.45) is 1.40. The van der Waals surface area contributed by atoms with Gasteiger partial charge in [-0.15, -0.1) is 5.10 Å². The standard InChI is InChI=1S/C22H21N7O2S/c1-14-19(21(31)29(27(14)2)16-9-4-3-5-10-16)28-22(24-25-26-28)32-18-13-12-15-8-6-7-11-17(15)23-20(18)30/h3-11,18H,12-13H2,1-2H3,(H,23,30). The van der Waals surface area contributed by atoms with Crippen LogP contribution in [0.2, 0.25) is 0 Å². The fourth-order valence-corrected chi connectivity index (χ4v) is 4.89. The Bertz CT molecular complexity index is 1360. The van der Waals surface area contributed by atoms with Crippen LogP contribution in [0.1, 0.15) is 17.7 Å². The van der Waals surface area contributed by atoms with Crippen LogP contribution in [0.15, 0.2) is 64.5 Å². The quantitative estimate of drug-likeness (QED) is 0.516. The Morgan fingerprint density at radius 1 is 1.06 bits per heavy atom. The normalized spacial score (nSPS) is 15.8. The zero-order chi connectivity index (χ0) is 22.2. The van der Waals surface area contributed by atoms with Crippen molar-refractivity contribution in [1.82, 2.24) is 29.6 Å². The van der Waals surface area contributed by atoms with Gasteiger partial charge in [-0.05, 0) is 54.0 Å². The second kappa shape index (κ2) is 8.12. The van der Waals surface area contributed by atoms with Crippen LogP contribution in [-0.2, 0) is 18.3 Å². The SMILES string of the molecule is Cc1c(-n2nnnc2SC2CCc3ccccc3NC2=O)c(=O)n(-c2ccccc2)n1C. The molecule has 0 bridgehead atoms. The minimum absolute atomic E-state index is 0.0963. The first-order chi connectivity index (χ1) is 15.5. The van der Waals surface area contributed by atoms with Gasteiger partial charge in [0.15, 0.2) is 5.69 Å². The summed E-state index contributed by atoms with van der Waals surface area (Å²) < 4.78 is 4.79. The van der Waals surface area contributed by atoms with Crippen molar-refractivity contribution in [2.24, 2.45) is 7.05 Å². The molecular weight excluding hydrogens is 426 g/mol. The highest BCUT2D eigenvalue weighted by atomic mass is 32.2. The van der Waals surface area contributed by atoms with E-state index in [1.807, 2.05) is 68.6 Å². The molecule has 1 N–H and O–H groups in total. The summed E-state index contributed by atoms with van der Waals surface area (Å²) in [4.78, 5) is 26.2. The Morgan fingerprint density at radius 3 is 2.62 bits per heavy atom. The van der Waals surface area contributed by atoms with Gasteiger partial charge in [-0.2, -0.15) is 4.68 Å². The number of anilines is 1. The largest absolute Gasteiger partial charge is 0.325 e. The van der Waals surface area contributed by atoms with E-state index in [2.05, 4.69) is 20.8 Å². The Labute approximate surface area is 188 Å². The van der Waals surface area contributed by atoms with Crippen LogP contribution in [0.5, 0.6) is 0 Å². The molecule has 32 heavy (non-hydrogen) atoms. The number of hydrogen-bond acceptors (Lipinski definition) is 6. The lowest BCUT2D eigenvalue weighted by Gasteiger charge is -2.12. The van der Waals surface area contributed by atoms with Crippen LogP contribution < -0.4 is 10.9 Å². The molecule has 1 aliphatic heterocycles. The van der Waals surface area contributed by atoms with Gasteiger partial charge in [0.2, 0.25) is 11.1 Å². The molecule has 0 aliphatic carbocycles. The summed E-state index contributed by atoms with van der Waals surface area (Å²) in [6.45, 7) is 1.85. The zero-order valence-electron chi connectivity index (χ0n) is 17.6. The minimum atomic E-state index is -0.382. The molecule has 9 nitrogen and oxygen atoms in total. The summed E-state index contributed by atoms with van der Waals surface area (Å²) in [5, 5.41) is 15.0. The van der Waals surface area contributed by atoms with Gasteiger partial charge in [0, 0.05) is 12.7 Å². The highest BCUT2D eigenvalue weighted by Crippen LogP contribution is 2.31. The van der Waals surface area contributed by atoms with Crippen molar-refractivity contribution in [3.05, 3.63) is 76.2 Å². The first-order valence-electron chi connectivity index (χ1n) is 10.2. The maximum Gasteiger partial charge on any atom is 0.297 e. The smallest absolute Gasteiger partial charge is 0.297 e. The van der Waals surface area contributed by atoms with Gasteiger partial charge in [-0.1, -0.05) is 48.2 Å². The average Bonchev–Trinajstić information content (AvgIpc) is 3.28. The molecule has 0 spiro atoms. The summed E-state index contributed by atoms with van der Waals surface area (Å²) in [6, 6.07) is 17.2. The molecule has 2 aromatic heterocycles. The van der Waals surface area contributed by atoms with E-state index in [1.165, 1.54) is 16.4 Å². The maximum absolute atomic E-state index is 13.4. The highest BCUT2D eigenvalue weighted by Gasteiger charge is 2.28. The summed E-state index contributed by atoms with van der Waals surface area (Å²) in [5.41, 5.74) is 3.53. The molecule has 0 saturated carbocycles. The third kappa shape index (κ3) is 3.42. The molecule has 0 saturated heterocycles. The molecule has 4 aromatic rings. The fourth-order valence-electron chi connectivity index (χ4n) is 3.92. The molecule has 3 heterocycles. The summed E-state index contributed by atoms with van der Waals surface area (Å²) in [5.74, 6) is -0.0963. The molecule has 162 valence electrons. The molecule has 10 heteroatoms. The van der Waals surface area contributed by atoms with Crippen molar-refractivity contribution in [1.29, 1.82) is 0 Å². The van der Waals surface area contributed by atoms with E-state index < -0.39 is 0 Å². The first kappa shape index (κ1) is 20.3. The molecular formula is C22H21N7O2S. The second-order valence-corrected chi connectivity index (χ2v) is 8.74. The highest BCUT2D eigenvalue weighted by molar-refractivity contribution is 8.00. The van der Waals surface area contributed by atoms with Gasteiger partial charge >= 0.3 is 0 Å². The Kier molecular flexibility index (Phi) is 5.14. The first-order valence-corrected chi connectivity index (χ1v) is 11.1. The molecule has 5 rings (SSSR count). The predicted molar refractivity (Wildman–Crippen MR) is 121 cm³/mol. The van der Waals surface area contributed by atoms with E-state index in [0.717, 1.165) is 23.4 Å². The van der Waals surface area contributed by atoms with Crippen LogP contribution in [0.25, 0.3) is 11.4 Å². The van der Waals surface area contributed by atoms with Crippen LogP contribution in [-0.4, -0.2) is 40.7 Å². The van der Waals surface area contributed by atoms with Gasteiger partial charge in [-0.25, -0.2) is 4.68 Å². The zero-order valence-corrected chi connectivity index (χ0v) is 18.4. The number of amides is 1. The fraction of sp³-hybridized carbons (Fsp3) is 0.227. The van der Waals surface area contributed by atoms with E-state index in [0.29, 0.717) is 23.0 Å². The lowest BCUT2D eigenvalue weighted by molar-refractivity contribution is -0.115. The van der Waals surface area contributed by atoms with Crippen molar-refractivity contribution in [2.75, 3.05) is 5.32 Å². The maximum atomic E-state index is 13.4. The number of carbonyl (C=O) groups excluding carboxylic acids is 1. The average molecular weight is 448 g/mol. The molecule has 1 atom stereocenters. The number of fused-ring (bicyclic) bond motifs is 1. The second-order valence-electron chi connectivity index (χ2n) is 7.57. The molecule has 2 aromatic carbocycles. The van der Waals surface area contributed by atoms with Crippen molar-refractivity contribution < 1.29 is 4.79 Å². The van der Waals surface area contributed by atoms with Gasteiger partial charge in [0.1, 0.15) is 0 Å². The van der Waals surface area contributed by atoms with Crippen LogP contribution in [0, 0.1) is 6.92 Å². The predicted octanol–water partition coefficient (Wildman–Crippen LogP) is 2.51. The molecule has 0 radical (unpaired) electrons. The minimum Gasteiger partial charge on any atom is -0.325 e. The number of tetrazole rings is 1. The lowest BCUT2D eigenvalue weighted by atomic mass is 10.1. The van der Waals surface area contributed by atoms with Crippen LogP contribution in [0.3, 0.4) is 0 Å². The Morgan fingerprint density at radius 2 is 1.81 bits per heavy atom. The Hall–Kier alpha value is -3.66. The van der Waals surface area contributed by atoms with Gasteiger partial charge < -0.3 is 5.32 Å². The van der Waals surface area contributed by atoms with Crippen molar-refractivity contribution in [3.8, 4) is 11.4 Å². The van der Waals surface area contributed by atoms with E-state index in [-0.39, 0.29) is 16.7 Å². The number of carbonyl (C=O) groups is 1. The third-order valence-electron chi connectivity index (χ3n) is 5.67. The number of nitrogens with one attached hydrogen (secondary N) is 1. The Balaban J connectivity index is 1.49. The number of benzene rings is 2. The van der Waals surface area contributed by atoms with E-state index in [1.54, 1.807) is 9.36 Å². The number of rotatable bonds is 4. The molecule has 1 aliphatic rings. The van der Waals surface area contributed by atoms with E-state index in [4.69, 9.17) is 0 Å². The summed E-state index contributed by atoms with van der Waals surface area (Å²) in [7, 11) is 1.82. The van der Waals surface area contributed by atoms with E-state index >= 15 is 0 Å². The number of aryl methyl sites for hydroxylation is 1. The molecule has 1 unspecified atom stereocenters. The van der Waals surface area contributed by atoms with Crippen molar-refractivity contribution in [2.45, 2.75) is 30.2 Å². The van der Waals surface area contributed by atoms with E-state index in [9.17, 15) is 9.59 Å². The van der Waals surface area contributed by atoms with Crippen molar-refractivity contribution in [3.63, 3.8) is 0 Å². The number of aromatic nitrogens is 6. The summed E-state index contributed by atoms with van der Waals surface area (Å²) >= 11 is 1.27. The number of thioether (sulfide) groups is 1. The number of nitrogens with zero attached hydrogens (tertiary/aromatic N) is 6. The molecule has 1 amide bonds. The molecule has 0 fully saturated rings. The topological polar surface area (TPSA) is 99.6 Å². The number of para-hydroxylation sites is 2. The third-order valence-corrected chi connectivity index (χ3v) is 6.87. The van der Waals surface area contributed by atoms with Crippen LogP contribution in [0.4, 0.5) is 5.69 Å². The van der Waals surface area contributed by atoms with Gasteiger partial charge in [0.25, 0.3) is 5.56 Å². The van der Waals surface area contributed by atoms with Crippen molar-refractivity contribution >= 4 is 23.4 Å². The lowest BCUT2D eigenvalue weighted by Crippen LogP contribution is -2.25. The number of hydrogen-bond donors (Lipinski definition) is 1.